The van der Waals surface area contributed by atoms with Gasteiger partial charge in [0, 0.05) is 35.2 Å². The second kappa shape index (κ2) is 10.4. The summed E-state index contributed by atoms with van der Waals surface area (Å²) in [6, 6.07) is 16.2. The molecule has 2 aromatic carbocycles. The fourth-order valence-corrected chi connectivity index (χ4v) is 5.70. The number of amides is 3. The lowest BCUT2D eigenvalue weighted by atomic mass is 10.0. The van der Waals surface area contributed by atoms with Crippen LogP contribution in [0.4, 0.5) is 5.69 Å². The fourth-order valence-electron chi connectivity index (χ4n) is 4.94. The number of hydrogen-bond acceptors (Lipinski definition) is 6. The summed E-state index contributed by atoms with van der Waals surface area (Å²) in [5.41, 5.74) is 13.7. The summed E-state index contributed by atoms with van der Waals surface area (Å²) in [5, 5.41) is 4.02. The van der Waals surface area contributed by atoms with Gasteiger partial charge in [0.25, 0.3) is 11.8 Å². The van der Waals surface area contributed by atoms with Crippen LogP contribution in [-0.4, -0.2) is 38.0 Å². The number of H-pyrrole nitrogens is 1. The van der Waals surface area contributed by atoms with E-state index < -0.39 is 17.9 Å². The molecule has 0 spiro atoms. The molecule has 0 aliphatic heterocycles. The normalized spacial score (nSPS) is 14.5. The van der Waals surface area contributed by atoms with Crippen LogP contribution in [0.3, 0.4) is 0 Å². The lowest BCUT2D eigenvalue weighted by Crippen LogP contribution is -2.45. The van der Waals surface area contributed by atoms with Gasteiger partial charge in [-0.15, -0.1) is 0 Å². The van der Waals surface area contributed by atoms with Crippen molar-refractivity contribution in [2.75, 3.05) is 5.73 Å². The van der Waals surface area contributed by atoms with E-state index >= 15 is 0 Å². The molecule has 5 rings (SSSR count). The molecule has 1 fully saturated rings. The number of nitrogen functional groups attached to an aromatic ring is 1. The highest BCUT2D eigenvalue weighted by Gasteiger charge is 2.37. The first-order valence-electron chi connectivity index (χ1n) is 12.2. The summed E-state index contributed by atoms with van der Waals surface area (Å²) in [7, 11) is 0. The van der Waals surface area contributed by atoms with Crippen molar-refractivity contribution < 1.29 is 14.4 Å². The molecule has 1 atom stereocenters. The summed E-state index contributed by atoms with van der Waals surface area (Å²) in [6.07, 6.45) is 5.70. The van der Waals surface area contributed by atoms with E-state index in [4.69, 9.17) is 11.5 Å². The number of aromatic amines is 1. The molecule has 10 heteroatoms. The number of nitrogens with zero attached hydrogens (tertiary/aromatic N) is 2. The molecule has 0 bridgehead atoms. The Bertz CT molecular complexity index is 1440. The Labute approximate surface area is 218 Å². The second-order valence-corrected chi connectivity index (χ2v) is 10.0. The monoisotopic (exact) mass is 516 g/mol. The van der Waals surface area contributed by atoms with Crippen LogP contribution in [0.1, 0.15) is 63.0 Å². The Morgan fingerprint density at radius 1 is 1.08 bits per heavy atom. The molecule has 1 saturated carbocycles. The summed E-state index contributed by atoms with van der Waals surface area (Å²) in [4.78, 5) is 44.7. The number of hydrogen-bond donors (Lipinski definition) is 4. The predicted octanol–water partition coefficient (Wildman–Crippen LogP) is 3.75. The lowest BCUT2D eigenvalue weighted by Gasteiger charge is -2.32. The van der Waals surface area contributed by atoms with Gasteiger partial charge in [-0.05, 0) is 36.0 Å². The first-order valence-corrected chi connectivity index (χ1v) is 13.0. The van der Waals surface area contributed by atoms with E-state index in [1.165, 1.54) is 4.90 Å². The van der Waals surface area contributed by atoms with Crippen LogP contribution in [0.2, 0.25) is 0 Å². The van der Waals surface area contributed by atoms with Crippen molar-refractivity contribution in [3.8, 4) is 0 Å². The van der Waals surface area contributed by atoms with Crippen LogP contribution < -0.4 is 16.8 Å². The third-order valence-corrected chi connectivity index (χ3v) is 7.64. The minimum Gasteiger partial charge on any atom is -0.395 e. The smallest absolute Gasteiger partial charge is 0.270 e. The quantitative estimate of drug-likeness (QED) is 0.282. The Hall–Kier alpha value is -4.18. The number of fused-ring (bicyclic) bond motifs is 1. The highest BCUT2D eigenvalue weighted by molar-refractivity contribution is 7.09. The zero-order chi connectivity index (χ0) is 25.9. The van der Waals surface area contributed by atoms with Crippen molar-refractivity contribution in [3.05, 3.63) is 82.5 Å². The number of benzene rings is 2. The van der Waals surface area contributed by atoms with E-state index in [1.54, 1.807) is 6.20 Å². The zero-order valence-corrected chi connectivity index (χ0v) is 21.0. The van der Waals surface area contributed by atoms with E-state index in [0.29, 0.717) is 5.56 Å². The van der Waals surface area contributed by atoms with E-state index in [2.05, 4.69) is 14.7 Å². The van der Waals surface area contributed by atoms with Crippen molar-refractivity contribution in [3.63, 3.8) is 0 Å². The van der Waals surface area contributed by atoms with E-state index in [0.717, 1.165) is 53.7 Å². The molecular formula is C27H28N6O3S. The molecule has 2 heterocycles. The molecule has 37 heavy (non-hydrogen) atoms. The first-order chi connectivity index (χ1) is 17.9. The van der Waals surface area contributed by atoms with Crippen LogP contribution in [-0.2, 0) is 11.3 Å². The van der Waals surface area contributed by atoms with Crippen molar-refractivity contribution in [1.29, 1.82) is 0 Å². The molecule has 190 valence electrons. The summed E-state index contributed by atoms with van der Waals surface area (Å²) >= 11 is 0.808. The molecule has 0 radical (unpaired) electrons. The third-order valence-electron chi connectivity index (χ3n) is 6.79. The molecule has 1 unspecified atom stereocenters. The number of para-hydroxylation sites is 1. The molecule has 3 amide bonds. The van der Waals surface area contributed by atoms with E-state index in [-0.39, 0.29) is 34.8 Å². The lowest BCUT2D eigenvalue weighted by molar-refractivity contribution is -0.126. The Morgan fingerprint density at radius 2 is 1.78 bits per heavy atom. The van der Waals surface area contributed by atoms with Gasteiger partial charge in [0.05, 0.1) is 5.69 Å². The van der Waals surface area contributed by atoms with Gasteiger partial charge in [0.2, 0.25) is 5.91 Å². The van der Waals surface area contributed by atoms with Gasteiger partial charge in [0.1, 0.15) is 10.9 Å². The summed E-state index contributed by atoms with van der Waals surface area (Å²) in [5.74, 6) is -1.57. The number of anilines is 1. The number of carbonyl (C=O) groups excluding carboxylic acids is 3. The summed E-state index contributed by atoms with van der Waals surface area (Å²) in [6.45, 7) is 0.144. The van der Waals surface area contributed by atoms with Gasteiger partial charge in [0.15, 0.2) is 5.69 Å². The van der Waals surface area contributed by atoms with Crippen LogP contribution in [0.15, 0.2) is 60.8 Å². The maximum atomic E-state index is 14.1. The number of rotatable bonds is 8. The Kier molecular flexibility index (Phi) is 6.91. The predicted molar refractivity (Wildman–Crippen MR) is 143 cm³/mol. The molecule has 9 nitrogen and oxygen atoms in total. The molecule has 0 saturated heterocycles. The largest absolute Gasteiger partial charge is 0.395 e. The molecular weight excluding hydrogens is 488 g/mol. The first kappa shape index (κ1) is 24.5. The molecule has 1 aliphatic carbocycles. The van der Waals surface area contributed by atoms with Gasteiger partial charge in [-0.25, -0.2) is 0 Å². The summed E-state index contributed by atoms with van der Waals surface area (Å²) < 4.78 is 4.01. The second-order valence-electron chi connectivity index (χ2n) is 9.24. The van der Waals surface area contributed by atoms with E-state index in [1.807, 2.05) is 54.6 Å². The fraction of sp³-hybridized carbons (Fsp3) is 0.259. The SMILES string of the molecule is NC(=O)c1nsc(C(=O)N(Cc2ccccc2)C(C(=O)NC2CCCC2)c2c[nH]c3ccccc23)c1N. The average Bonchev–Trinajstić information content (AvgIpc) is 3.64. The number of primary amides is 1. The van der Waals surface area contributed by atoms with E-state index in [9.17, 15) is 14.4 Å². The standard InChI is InChI=1S/C27H28N6O3S/c28-21-22(25(29)34)32-37-24(21)27(36)33(15-16-8-2-1-3-9-16)23(26(35)31-17-10-4-5-11-17)19-14-30-20-13-7-6-12-18(19)20/h1-3,6-9,12-14,17,23,30H,4-5,10-11,15,28H2,(H2,29,34)(H,31,35). The van der Waals surface area contributed by atoms with Crippen LogP contribution >= 0.6 is 11.5 Å². The molecule has 1 aliphatic rings. The number of nitrogens with two attached hydrogens (primary N) is 2. The average molecular weight is 517 g/mol. The minimum absolute atomic E-state index is 0.0591. The van der Waals surface area contributed by atoms with Crippen molar-refractivity contribution >= 4 is 45.8 Å². The van der Waals surface area contributed by atoms with Crippen LogP contribution in [0, 0.1) is 0 Å². The molecule has 6 N–H and O–H groups in total. The van der Waals surface area contributed by atoms with Crippen molar-refractivity contribution in [2.24, 2.45) is 5.73 Å². The van der Waals surface area contributed by atoms with Gasteiger partial charge < -0.3 is 26.7 Å². The number of carbonyl (C=O) groups is 3. The van der Waals surface area contributed by atoms with Gasteiger partial charge in [-0.3, -0.25) is 14.4 Å². The van der Waals surface area contributed by atoms with Crippen LogP contribution in [0.5, 0.6) is 0 Å². The maximum Gasteiger partial charge on any atom is 0.270 e. The molecule has 4 aromatic rings. The van der Waals surface area contributed by atoms with Crippen LogP contribution in [0.25, 0.3) is 10.9 Å². The highest BCUT2D eigenvalue weighted by atomic mass is 32.1. The third kappa shape index (κ3) is 4.92. The number of aromatic nitrogens is 2. The van der Waals surface area contributed by atoms with Gasteiger partial charge >= 0.3 is 0 Å². The molecule has 2 aromatic heterocycles. The minimum atomic E-state index is -0.956. The zero-order valence-electron chi connectivity index (χ0n) is 20.1. The maximum absolute atomic E-state index is 14.1. The van der Waals surface area contributed by atoms with Gasteiger partial charge in [-0.1, -0.05) is 61.4 Å². The highest BCUT2D eigenvalue weighted by Crippen LogP contribution is 2.34. The number of nitrogens with one attached hydrogen (secondary N) is 2. The van der Waals surface area contributed by atoms with Crippen molar-refractivity contribution in [2.45, 2.75) is 44.3 Å². The van der Waals surface area contributed by atoms with Gasteiger partial charge in [-0.2, -0.15) is 4.37 Å². The Morgan fingerprint density at radius 3 is 2.49 bits per heavy atom. The Balaban J connectivity index is 1.63. The van der Waals surface area contributed by atoms with Crippen molar-refractivity contribution in [1.82, 2.24) is 19.6 Å². The topological polar surface area (TPSA) is 147 Å².